The van der Waals surface area contributed by atoms with Gasteiger partial charge in [0, 0.05) is 16.3 Å². The Morgan fingerprint density at radius 1 is 1.31 bits per heavy atom. The molecule has 0 saturated heterocycles. The molecule has 1 aromatic heterocycles. The molecule has 0 bridgehead atoms. The van der Waals surface area contributed by atoms with E-state index in [1.807, 2.05) is 19.1 Å². The SMILES string of the molecule is Cc1ccc2oc(=O)cc(S)c2c1. The standard InChI is InChI=1S/C10H8O2S/c1-6-2-3-8-7(4-6)9(13)5-10(11)12-8/h2-5,13H,1H3. The van der Waals surface area contributed by atoms with E-state index in [4.69, 9.17) is 4.42 Å². The zero-order valence-corrected chi connectivity index (χ0v) is 7.97. The zero-order valence-electron chi connectivity index (χ0n) is 7.07. The van der Waals surface area contributed by atoms with Gasteiger partial charge in [-0.3, -0.25) is 0 Å². The molecule has 2 aromatic rings. The number of aryl methyl sites for hydroxylation is 1. The van der Waals surface area contributed by atoms with Crippen LogP contribution < -0.4 is 5.63 Å². The highest BCUT2D eigenvalue weighted by Gasteiger charge is 2.01. The average molecular weight is 192 g/mol. The number of benzene rings is 1. The Balaban J connectivity index is 2.95. The van der Waals surface area contributed by atoms with Gasteiger partial charge >= 0.3 is 5.63 Å². The second kappa shape index (κ2) is 2.92. The molecule has 2 rings (SSSR count). The fourth-order valence-corrected chi connectivity index (χ4v) is 1.54. The van der Waals surface area contributed by atoms with E-state index >= 15 is 0 Å². The lowest BCUT2D eigenvalue weighted by atomic mass is 10.2. The Kier molecular flexibility index (Phi) is 1.88. The minimum absolute atomic E-state index is 0.360. The van der Waals surface area contributed by atoms with Gasteiger partial charge in [0.05, 0.1) is 0 Å². The zero-order chi connectivity index (χ0) is 9.42. The van der Waals surface area contributed by atoms with E-state index in [9.17, 15) is 4.79 Å². The van der Waals surface area contributed by atoms with Crippen LogP contribution in [-0.2, 0) is 0 Å². The van der Waals surface area contributed by atoms with Crippen molar-refractivity contribution in [3.8, 4) is 0 Å². The van der Waals surface area contributed by atoms with Crippen molar-refractivity contribution in [3.63, 3.8) is 0 Å². The molecule has 0 N–H and O–H groups in total. The second-order valence-corrected chi connectivity index (χ2v) is 3.43. The quantitative estimate of drug-likeness (QED) is 0.513. The highest BCUT2D eigenvalue weighted by molar-refractivity contribution is 7.80. The van der Waals surface area contributed by atoms with Gasteiger partial charge in [0.2, 0.25) is 0 Å². The second-order valence-electron chi connectivity index (χ2n) is 2.95. The summed E-state index contributed by atoms with van der Waals surface area (Å²) in [5.74, 6) is 0. The van der Waals surface area contributed by atoms with Gasteiger partial charge in [0.15, 0.2) is 0 Å². The van der Waals surface area contributed by atoms with Crippen LogP contribution in [0.1, 0.15) is 5.56 Å². The molecule has 0 unspecified atom stereocenters. The lowest BCUT2D eigenvalue weighted by molar-refractivity contribution is 0.557. The third-order valence-corrected chi connectivity index (χ3v) is 2.25. The van der Waals surface area contributed by atoms with Crippen LogP contribution in [0.4, 0.5) is 0 Å². The Morgan fingerprint density at radius 2 is 2.08 bits per heavy atom. The Labute approximate surface area is 80.6 Å². The molecule has 2 nitrogen and oxygen atoms in total. The van der Waals surface area contributed by atoms with Crippen molar-refractivity contribution in [2.24, 2.45) is 0 Å². The van der Waals surface area contributed by atoms with Gasteiger partial charge < -0.3 is 4.42 Å². The maximum Gasteiger partial charge on any atom is 0.337 e. The minimum Gasteiger partial charge on any atom is -0.423 e. The predicted octanol–water partition coefficient (Wildman–Crippen LogP) is 2.39. The van der Waals surface area contributed by atoms with Crippen molar-refractivity contribution in [1.29, 1.82) is 0 Å². The molecule has 0 atom stereocenters. The molecule has 0 fully saturated rings. The van der Waals surface area contributed by atoms with Crippen molar-refractivity contribution < 1.29 is 4.42 Å². The Hall–Kier alpha value is -1.22. The van der Waals surface area contributed by atoms with Crippen molar-refractivity contribution >= 4 is 23.6 Å². The number of rotatable bonds is 0. The number of fused-ring (bicyclic) bond motifs is 1. The van der Waals surface area contributed by atoms with Crippen LogP contribution in [0, 0.1) is 6.92 Å². The lowest BCUT2D eigenvalue weighted by Crippen LogP contribution is -1.96. The van der Waals surface area contributed by atoms with Crippen molar-refractivity contribution in [1.82, 2.24) is 0 Å². The molecule has 13 heavy (non-hydrogen) atoms. The fourth-order valence-electron chi connectivity index (χ4n) is 1.26. The molecule has 1 heterocycles. The van der Waals surface area contributed by atoms with Crippen molar-refractivity contribution in [2.45, 2.75) is 11.8 Å². The molecule has 0 radical (unpaired) electrons. The summed E-state index contributed by atoms with van der Waals surface area (Å²) in [5.41, 5.74) is 1.35. The third kappa shape index (κ3) is 1.47. The highest BCUT2D eigenvalue weighted by atomic mass is 32.1. The van der Waals surface area contributed by atoms with Gasteiger partial charge in [-0.25, -0.2) is 4.79 Å². The van der Waals surface area contributed by atoms with Gasteiger partial charge in [-0.1, -0.05) is 11.6 Å². The van der Waals surface area contributed by atoms with Crippen LogP contribution in [0.3, 0.4) is 0 Å². The number of thiol groups is 1. The first-order valence-electron chi connectivity index (χ1n) is 3.90. The van der Waals surface area contributed by atoms with Crippen LogP contribution in [0.5, 0.6) is 0 Å². The largest absolute Gasteiger partial charge is 0.423 e. The van der Waals surface area contributed by atoms with Crippen LogP contribution >= 0.6 is 12.6 Å². The molecule has 0 aliphatic rings. The molecule has 0 amide bonds. The third-order valence-electron chi connectivity index (χ3n) is 1.88. The smallest absolute Gasteiger partial charge is 0.337 e. The summed E-state index contributed by atoms with van der Waals surface area (Å²) in [7, 11) is 0. The van der Waals surface area contributed by atoms with E-state index in [-0.39, 0.29) is 5.63 Å². The van der Waals surface area contributed by atoms with E-state index in [1.165, 1.54) is 6.07 Å². The average Bonchev–Trinajstić information content (AvgIpc) is 2.06. The summed E-state index contributed by atoms with van der Waals surface area (Å²) in [4.78, 5) is 11.6. The molecule has 0 aliphatic carbocycles. The maximum absolute atomic E-state index is 11.0. The molecule has 0 spiro atoms. The molecular weight excluding hydrogens is 184 g/mol. The normalized spacial score (nSPS) is 10.6. The summed E-state index contributed by atoms with van der Waals surface area (Å²) in [5, 5.41) is 0.878. The maximum atomic E-state index is 11.0. The van der Waals surface area contributed by atoms with Crippen molar-refractivity contribution in [3.05, 3.63) is 40.2 Å². The van der Waals surface area contributed by atoms with Crippen LogP contribution in [0.25, 0.3) is 11.0 Å². The van der Waals surface area contributed by atoms with Gasteiger partial charge in [0.25, 0.3) is 0 Å². The molecule has 3 heteroatoms. The summed E-state index contributed by atoms with van der Waals surface area (Å²) in [6, 6.07) is 7.01. The van der Waals surface area contributed by atoms with Gasteiger partial charge in [-0.15, -0.1) is 12.6 Å². The molecular formula is C10H8O2S. The number of hydrogen-bond donors (Lipinski definition) is 1. The van der Waals surface area contributed by atoms with E-state index in [2.05, 4.69) is 12.6 Å². The molecule has 1 aromatic carbocycles. The number of hydrogen-bond acceptors (Lipinski definition) is 3. The highest BCUT2D eigenvalue weighted by Crippen LogP contribution is 2.20. The van der Waals surface area contributed by atoms with E-state index < -0.39 is 0 Å². The minimum atomic E-state index is -0.360. The topological polar surface area (TPSA) is 30.2 Å². The summed E-state index contributed by atoms with van der Waals surface area (Å²) in [6.07, 6.45) is 0. The molecule has 66 valence electrons. The Bertz CT molecular complexity index is 514. The first kappa shape index (κ1) is 8.38. The Morgan fingerprint density at radius 3 is 2.85 bits per heavy atom. The predicted molar refractivity (Wildman–Crippen MR) is 54.5 cm³/mol. The van der Waals surface area contributed by atoms with E-state index in [0.29, 0.717) is 10.5 Å². The first-order valence-corrected chi connectivity index (χ1v) is 4.35. The van der Waals surface area contributed by atoms with Crippen LogP contribution in [0.2, 0.25) is 0 Å². The van der Waals surface area contributed by atoms with Gasteiger partial charge in [0.1, 0.15) is 5.58 Å². The fraction of sp³-hybridized carbons (Fsp3) is 0.100. The van der Waals surface area contributed by atoms with E-state index in [0.717, 1.165) is 10.9 Å². The molecule has 0 saturated carbocycles. The van der Waals surface area contributed by atoms with E-state index in [1.54, 1.807) is 6.07 Å². The molecule has 0 aliphatic heterocycles. The monoisotopic (exact) mass is 192 g/mol. The summed E-state index contributed by atoms with van der Waals surface area (Å²) in [6.45, 7) is 1.98. The van der Waals surface area contributed by atoms with Crippen LogP contribution in [-0.4, -0.2) is 0 Å². The summed E-state index contributed by atoms with van der Waals surface area (Å²) < 4.78 is 4.99. The first-order chi connectivity index (χ1) is 6.16. The van der Waals surface area contributed by atoms with Gasteiger partial charge in [-0.05, 0) is 19.1 Å². The van der Waals surface area contributed by atoms with Crippen LogP contribution in [0.15, 0.2) is 38.4 Å². The summed E-state index contributed by atoms with van der Waals surface area (Å²) >= 11 is 4.21. The van der Waals surface area contributed by atoms with Gasteiger partial charge in [-0.2, -0.15) is 0 Å². The van der Waals surface area contributed by atoms with Crippen molar-refractivity contribution in [2.75, 3.05) is 0 Å². The lowest BCUT2D eigenvalue weighted by Gasteiger charge is -1.99.